The molecule has 0 saturated carbocycles. The topological polar surface area (TPSA) is 101 Å². The highest BCUT2D eigenvalue weighted by Gasteiger charge is 2.30. The number of nitrogens with one attached hydrogen (secondary N) is 1. The molecule has 1 aromatic rings. The Kier molecular flexibility index (Phi) is 5.25. The van der Waals surface area contributed by atoms with Gasteiger partial charge in [-0.25, -0.2) is 0 Å². The summed E-state index contributed by atoms with van der Waals surface area (Å²) in [5, 5.41) is 3.17. The van der Waals surface area contributed by atoms with Gasteiger partial charge < -0.3 is 24.6 Å². The lowest BCUT2D eigenvalue weighted by Gasteiger charge is -2.34. The van der Waals surface area contributed by atoms with E-state index in [2.05, 4.69) is 10.3 Å². The Balaban J connectivity index is 1.97. The average molecular weight is 330 g/mol. The summed E-state index contributed by atoms with van der Waals surface area (Å²) in [6.07, 6.45) is 2.10. The van der Waals surface area contributed by atoms with Crippen molar-refractivity contribution in [3.8, 4) is 5.75 Å². The molecular weight excluding hydrogens is 307 g/mol. The summed E-state index contributed by atoms with van der Waals surface area (Å²) in [5.74, 6) is 0.111. The fourth-order valence-corrected chi connectivity index (χ4v) is 2.85. The smallest absolute Gasteiger partial charge is 0.325 e. The quantitative estimate of drug-likeness (QED) is 0.539. The van der Waals surface area contributed by atoms with Crippen LogP contribution < -0.4 is 10.1 Å². The maximum absolute atomic E-state index is 10.8. The van der Waals surface area contributed by atoms with Crippen molar-refractivity contribution in [2.75, 3.05) is 12.7 Å². The Morgan fingerprint density at radius 1 is 1.45 bits per heavy atom. The predicted octanol–water partition coefficient (Wildman–Crippen LogP) is 1.69. The molecule has 1 aliphatic rings. The van der Waals surface area contributed by atoms with Crippen molar-refractivity contribution in [2.45, 2.75) is 46.1 Å². The summed E-state index contributed by atoms with van der Waals surface area (Å²) >= 11 is 0. The van der Waals surface area contributed by atoms with Crippen molar-refractivity contribution in [1.29, 1.82) is 0 Å². The summed E-state index contributed by atoms with van der Waals surface area (Å²) in [6, 6.07) is 0. The summed E-state index contributed by atoms with van der Waals surface area (Å²) < 4.78 is 22.3. The molecule has 0 atom stereocenters. The first kappa shape index (κ1) is 17.4. The number of nitrogens with zero attached hydrogens (tertiary/aromatic N) is 1. The van der Waals surface area contributed by atoms with Gasteiger partial charge in [0.2, 0.25) is 5.79 Å². The highest BCUT2D eigenvalue weighted by molar-refractivity contribution is 7.51. The van der Waals surface area contributed by atoms with Crippen LogP contribution in [0.2, 0.25) is 0 Å². The number of fused-ring (bicyclic) bond motifs is 1. The number of hydrogen-bond acceptors (Lipinski definition) is 5. The van der Waals surface area contributed by atoms with Gasteiger partial charge in [0, 0.05) is 32.2 Å². The SMILES string of the molecule is Cc1ncc(CNCCCP(=O)(O)O)c2c1OC(C)(C)OC2. The van der Waals surface area contributed by atoms with Crippen molar-refractivity contribution >= 4 is 7.60 Å². The van der Waals surface area contributed by atoms with Gasteiger partial charge in [-0.2, -0.15) is 0 Å². The molecule has 0 radical (unpaired) electrons. The molecule has 0 fully saturated rings. The van der Waals surface area contributed by atoms with Gasteiger partial charge in [0.1, 0.15) is 5.75 Å². The van der Waals surface area contributed by atoms with E-state index >= 15 is 0 Å². The minimum atomic E-state index is -3.91. The standard InChI is InChI=1S/C14H23N2O5P/c1-10-13-12(9-20-14(2,3)21-13)11(8-16-10)7-15-5-4-6-22(17,18)19/h8,15H,4-7,9H2,1-3H3,(H2,17,18,19). The zero-order valence-corrected chi connectivity index (χ0v) is 14.0. The zero-order valence-electron chi connectivity index (χ0n) is 13.1. The molecule has 0 aliphatic carbocycles. The van der Waals surface area contributed by atoms with Crippen LogP contribution in [-0.2, 0) is 22.5 Å². The molecule has 8 heteroatoms. The number of hydrogen-bond donors (Lipinski definition) is 3. The van der Waals surface area contributed by atoms with Crippen LogP contribution in [0.5, 0.6) is 5.75 Å². The van der Waals surface area contributed by atoms with Crippen molar-refractivity contribution in [3.63, 3.8) is 0 Å². The van der Waals surface area contributed by atoms with Gasteiger partial charge >= 0.3 is 7.60 Å². The molecule has 1 aliphatic heterocycles. The maximum Gasteiger partial charge on any atom is 0.325 e. The van der Waals surface area contributed by atoms with Gasteiger partial charge in [0.05, 0.1) is 18.5 Å². The Bertz CT molecular complexity index is 585. The van der Waals surface area contributed by atoms with E-state index in [1.165, 1.54) is 0 Å². The Hall–Kier alpha value is -0.980. The molecule has 22 heavy (non-hydrogen) atoms. The summed E-state index contributed by atoms with van der Waals surface area (Å²) in [7, 11) is -3.91. The third kappa shape index (κ3) is 4.76. The Morgan fingerprint density at radius 3 is 2.86 bits per heavy atom. The Morgan fingerprint density at radius 2 is 2.18 bits per heavy atom. The number of ether oxygens (including phenoxy) is 2. The average Bonchev–Trinajstić information content (AvgIpc) is 2.39. The summed E-state index contributed by atoms with van der Waals surface area (Å²) in [6.45, 7) is 7.18. The van der Waals surface area contributed by atoms with E-state index in [1.54, 1.807) is 6.20 Å². The molecule has 1 aromatic heterocycles. The number of rotatable bonds is 6. The molecule has 0 unspecified atom stereocenters. The van der Waals surface area contributed by atoms with Crippen LogP contribution in [-0.4, -0.2) is 33.3 Å². The minimum absolute atomic E-state index is 0.106. The van der Waals surface area contributed by atoms with Crippen LogP contribution in [0.15, 0.2) is 6.20 Å². The predicted molar refractivity (Wildman–Crippen MR) is 81.7 cm³/mol. The molecule has 0 amide bonds. The highest BCUT2D eigenvalue weighted by atomic mass is 31.2. The summed E-state index contributed by atoms with van der Waals surface area (Å²) in [4.78, 5) is 22.0. The second-order valence-electron chi connectivity index (χ2n) is 5.89. The highest BCUT2D eigenvalue weighted by Crippen LogP contribution is 2.35. The van der Waals surface area contributed by atoms with Gasteiger partial charge in [-0.05, 0) is 25.5 Å². The second-order valence-corrected chi connectivity index (χ2v) is 7.66. The van der Waals surface area contributed by atoms with E-state index in [1.807, 2.05) is 20.8 Å². The fraction of sp³-hybridized carbons (Fsp3) is 0.643. The van der Waals surface area contributed by atoms with Crippen LogP contribution in [0.1, 0.15) is 37.1 Å². The van der Waals surface area contributed by atoms with Gasteiger partial charge in [-0.15, -0.1) is 0 Å². The van der Waals surface area contributed by atoms with E-state index in [0.29, 0.717) is 26.1 Å². The lowest BCUT2D eigenvalue weighted by Crippen LogP contribution is -2.36. The third-order valence-corrected chi connectivity index (χ3v) is 4.33. The van der Waals surface area contributed by atoms with E-state index < -0.39 is 13.4 Å². The molecular formula is C14H23N2O5P. The molecule has 0 aromatic carbocycles. The Labute approximate surface area is 130 Å². The normalized spacial score (nSPS) is 17.0. The molecule has 124 valence electrons. The van der Waals surface area contributed by atoms with Crippen LogP contribution >= 0.6 is 7.60 Å². The number of pyridine rings is 1. The maximum atomic E-state index is 10.8. The van der Waals surface area contributed by atoms with Gasteiger partial charge in [0.25, 0.3) is 0 Å². The molecule has 0 bridgehead atoms. The van der Waals surface area contributed by atoms with Crippen molar-refractivity contribution in [2.24, 2.45) is 0 Å². The van der Waals surface area contributed by atoms with Crippen molar-refractivity contribution in [1.82, 2.24) is 10.3 Å². The molecule has 2 heterocycles. The molecule has 0 saturated heterocycles. The second kappa shape index (κ2) is 6.64. The molecule has 0 spiro atoms. The van der Waals surface area contributed by atoms with Crippen molar-refractivity contribution < 1.29 is 23.8 Å². The third-order valence-electron chi connectivity index (χ3n) is 3.43. The molecule has 7 nitrogen and oxygen atoms in total. The first-order valence-corrected chi connectivity index (χ1v) is 9.03. The van der Waals surface area contributed by atoms with E-state index in [9.17, 15) is 4.57 Å². The van der Waals surface area contributed by atoms with Crippen LogP contribution in [0.3, 0.4) is 0 Å². The van der Waals surface area contributed by atoms with Gasteiger partial charge in [0.15, 0.2) is 0 Å². The zero-order chi connectivity index (χ0) is 16.4. The van der Waals surface area contributed by atoms with Crippen molar-refractivity contribution in [3.05, 3.63) is 23.0 Å². The summed E-state index contributed by atoms with van der Waals surface area (Å²) in [5.41, 5.74) is 2.79. The monoisotopic (exact) mass is 330 g/mol. The van der Waals surface area contributed by atoms with Crippen LogP contribution in [0.4, 0.5) is 0 Å². The molecule has 2 rings (SSSR count). The van der Waals surface area contributed by atoms with E-state index in [4.69, 9.17) is 19.3 Å². The fourth-order valence-electron chi connectivity index (χ4n) is 2.28. The van der Waals surface area contributed by atoms with Crippen LogP contribution in [0, 0.1) is 6.92 Å². The van der Waals surface area contributed by atoms with Gasteiger partial charge in [-0.3, -0.25) is 9.55 Å². The number of aryl methyl sites for hydroxylation is 1. The first-order valence-electron chi connectivity index (χ1n) is 7.23. The van der Waals surface area contributed by atoms with E-state index in [-0.39, 0.29) is 6.16 Å². The first-order chi connectivity index (χ1) is 10.2. The largest absolute Gasteiger partial charge is 0.461 e. The number of aromatic nitrogens is 1. The minimum Gasteiger partial charge on any atom is -0.461 e. The van der Waals surface area contributed by atoms with E-state index in [0.717, 1.165) is 22.6 Å². The van der Waals surface area contributed by atoms with Gasteiger partial charge in [-0.1, -0.05) is 0 Å². The molecule has 3 N–H and O–H groups in total. The lowest BCUT2D eigenvalue weighted by atomic mass is 10.1. The lowest BCUT2D eigenvalue weighted by molar-refractivity contribution is -0.180. The van der Waals surface area contributed by atoms with Crippen LogP contribution in [0.25, 0.3) is 0 Å².